The topological polar surface area (TPSA) is 95.2 Å². The van der Waals surface area contributed by atoms with Crippen LogP contribution >= 0.6 is 0 Å². The summed E-state index contributed by atoms with van der Waals surface area (Å²) in [6.45, 7) is 0.472. The van der Waals surface area contributed by atoms with Crippen molar-refractivity contribution >= 4 is 11.6 Å². The molecule has 0 radical (unpaired) electrons. The van der Waals surface area contributed by atoms with E-state index in [0.717, 1.165) is 11.3 Å². The Kier molecular flexibility index (Phi) is 4.09. The zero-order chi connectivity index (χ0) is 13.7. The van der Waals surface area contributed by atoms with Crippen molar-refractivity contribution in [3.8, 4) is 12.0 Å². The molecule has 0 aliphatic rings. The molecule has 2 aromatic rings. The van der Waals surface area contributed by atoms with Crippen molar-refractivity contribution < 1.29 is 9.47 Å². The number of hydrogen-bond acceptors (Lipinski definition) is 7. The van der Waals surface area contributed by atoms with Gasteiger partial charge in [-0.05, 0) is 17.7 Å². The molecule has 0 fully saturated rings. The van der Waals surface area contributed by atoms with Gasteiger partial charge in [0.05, 0.1) is 14.2 Å². The number of rotatable bonds is 5. The van der Waals surface area contributed by atoms with Gasteiger partial charge in [0.1, 0.15) is 0 Å². The van der Waals surface area contributed by atoms with E-state index in [-0.39, 0.29) is 12.0 Å². The minimum Gasteiger partial charge on any atom is -0.467 e. The average molecular weight is 261 g/mol. The number of nitrogens with two attached hydrogens (primary N) is 1. The van der Waals surface area contributed by atoms with Crippen LogP contribution in [0.25, 0.3) is 0 Å². The van der Waals surface area contributed by atoms with Crippen molar-refractivity contribution in [2.75, 3.05) is 19.5 Å². The zero-order valence-corrected chi connectivity index (χ0v) is 10.8. The Labute approximate surface area is 110 Å². The van der Waals surface area contributed by atoms with Crippen molar-refractivity contribution in [1.82, 2.24) is 15.0 Å². The zero-order valence-electron chi connectivity index (χ0n) is 10.8. The number of anilines is 2. The molecule has 19 heavy (non-hydrogen) atoms. The molecule has 0 spiro atoms. The number of hydrogen-bond donors (Lipinski definition) is 2. The minimum absolute atomic E-state index is 0.185. The number of aromatic nitrogens is 3. The van der Waals surface area contributed by atoms with E-state index in [1.54, 1.807) is 0 Å². The van der Waals surface area contributed by atoms with E-state index in [0.29, 0.717) is 12.5 Å². The van der Waals surface area contributed by atoms with Crippen LogP contribution in [0.1, 0.15) is 5.56 Å². The Morgan fingerprint density at radius 1 is 1.11 bits per heavy atom. The molecule has 1 aromatic heterocycles. The van der Waals surface area contributed by atoms with E-state index in [1.807, 2.05) is 24.3 Å². The maximum absolute atomic E-state index is 5.59. The second-order valence-electron chi connectivity index (χ2n) is 3.66. The van der Waals surface area contributed by atoms with Gasteiger partial charge >= 0.3 is 12.0 Å². The summed E-state index contributed by atoms with van der Waals surface area (Å²) < 4.78 is 9.96. The van der Waals surface area contributed by atoms with E-state index in [9.17, 15) is 0 Å². The predicted octanol–water partition coefficient (Wildman–Crippen LogP) is 1.09. The van der Waals surface area contributed by atoms with E-state index >= 15 is 0 Å². The Hall–Kier alpha value is -2.41. The molecule has 0 saturated heterocycles. The lowest BCUT2D eigenvalue weighted by atomic mass is 10.2. The Balaban J connectivity index is 2.26. The third kappa shape index (κ3) is 3.29. The smallest absolute Gasteiger partial charge is 0.324 e. The van der Waals surface area contributed by atoms with Crippen LogP contribution in [0.15, 0.2) is 24.3 Å². The summed E-state index contributed by atoms with van der Waals surface area (Å²) >= 11 is 0. The molecule has 0 saturated carbocycles. The van der Waals surface area contributed by atoms with Crippen molar-refractivity contribution in [2.24, 2.45) is 5.73 Å². The molecule has 2 rings (SSSR count). The third-order valence-corrected chi connectivity index (χ3v) is 2.38. The first-order valence-electron chi connectivity index (χ1n) is 5.65. The van der Waals surface area contributed by atoms with Gasteiger partial charge < -0.3 is 20.5 Å². The molecule has 0 aliphatic heterocycles. The minimum atomic E-state index is 0.185. The first kappa shape index (κ1) is 13.0. The third-order valence-electron chi connectivity index (χ3n) is 2.38. The molecule has 0 atom stereocenters. The summed E-state index contributed by atoms with van der Waals surface area (Å²) in [5, 5.41) is 3.05. The highest BCUT2D eigenvalue weighted by atomic mass is 16.5. The van der Waals surface area contributed by atoms with Crippen LogP contribution in [0.2, 0.25) is 0 Å². The van der Waals surface area contributed by atoms with Crippen molar-refractivity contribution in [1.29, 1.82) is 0 Å². The second-order valence-corrected chi connectivity index (χ2v) is 3.66. The van der Waals surface area contributed by atoms with E-state index in [4.69, 9.17) is 15.2 Å². The standard InChI is InChI=1S/C12H15N5O2/c1-18-11-15-10(16-12(17-11)19-2)14-9-5-3-4-8(6-9)7-13/h3-6H,7,13H2,1-2H3,(H,14,15,16,17). The SMILES string of the molecule is COc1nc(Nc2cccc(CN)c2)nc(OC)n1. The molecule has 100 valence electrons. The van der Waals surface area contributed by atoms with Gasteiger partial charge in [-0.25, -0.2) is 0 Å². The Morgan fingerprint density at radius 3 is 2.37 bits per heavy atom. The predicted molar refractivity (Wildman–Crippen MR) is 70.5 cm³/mol. The van der Waals surface area contributed by atoms with Gasteiger partial charge in [-0.3, -0.25) is 0 Å². The summed E-state index contributed by atoms with van der Waals surface area (Å²) in [4.78, 5) is 12.1. The fourth-order valence-electron chi connectivity index (χ4n) is 1.48. The Bertz CT molecular complexity index is 539. The molecular weight excluding hydrogens is 246 g/mol. The monoisotopic (exact) mass is 261 g/mol. The highest BCUT2D eigenvalue weighted by Crippen LogP contribution is 2.18. The van der Waals surface area contributed by atoms with Gasteiger partial charge in [0.2, 0.25) is 5.95 Å². The molecule has 1 heterocycles. The summed E-state index contributed by atoms with van der Waals surface area (Å²) in [6, 6.07) is 8.03. The average Bonchev–Trinajstić information content (AvgIpc) is 2.47. The summed E-state index contributed by atoms with van der Waals surface area (Å²) in [7, 11) is 2.96. The van der Waals surface area contributed by atoms with Crippen LogP contribution in [0.3, 0.4) is 0 Å². The lowest BCUT2D eigenvalue weighted by Gasteiger charge is -2.08. The van der Waals surface area contributed by atoms with Crippen LogP contribution in [-0.4, -0.2) is 29.2 Å². The number of ether oxygens (including phenoxy) is 2. The lowest BCUT2D eigenvalue weighted by Crippen LogP contribution is -2.04. The fraction of sp³-hybridized carbons (Fsp3) is 0.250. The number of nitrogens with zero attached hydrogens (tertiary/aromatic N) is 3. The fourth-order valence-corrected chi connectivity index (χ4v) is 1.48. The molecule has 0 bridgehead atoms. The lowest BCUT2D eigenvalue weighted by molar-refractivity contribution is 0.341. The molecular formula is C12H15N5O2. The molecule has 0 aliphatic carbocycles. The summed E-state index contributed by atoms with van der Waals surface area (Å²) in [5.41, 5.74) is 7.44. The van der Waals surface area contributed by atoms with Gasteiger partial charge in [0.25, 0.3) is 0 Å². The maximum atomic E-state index is 5.59. The van der Waals surface area contributed by atoms with Crippen LogP contribution in [0, 0.1) is 0 Å². The van der Waals surface area contributed by atoms with E-state index in [2.05, 4.69) is 20.3 Å². The number of benzene rings is 1. The largest absolute Gasteiger partial charge is 0.467 e. The highest BCUT2D eigenvalue weighted by Gasteiger charge is 2.07. The van der Waals surface area contributed by atoms with Gasteiger partial charge in [-0.1, -0.05) is 12.1 Å². The van der Waals surface area contributed by atoms with Crippen molar-refractivity contribution in [3.63, 3.8) is 0 Å². The van der Waals surface area contributed by atoms with Crippen molar-refractivity contribution in [3.05, 3.63) is 29.8 Å². The quantitative estimate of drug-likeness (QED) is 0.831. The van der Waals surface area contributed by atoms with Crippen LogP contribution in [-0.2, 0) is 6.54 Å². The van der Waals surface area contributed by atoms with Crippen LogP contribution in [0.4, 0.5) is 11.6 Å². The molecule has 1 aromatic carbocycles. The van der Waals surface area contributed by atoms with E-state index in [1.165, 1.54) is 14.2 Å². The van der Waals surface area contributed by atoms with Crippen molar-refractivity contribution in [2.45, 2.75) is 6.54 Å². The van der Waals surface area contributed by atoms with Gasteiger partial charge in [-0.2, -0.15) is 9.97 Å². The first-order chi connectivity index (χ1) is 9.25. The normalized spacial score (nSPS) is 10.1. The molecule has 0 unspecified atom stereocenters. The molecule has 7 heteroatoms. The maximum Gasteiger partial charge on any atom is 0.324 e. The van der Waals surface area contributed by atoms with Gasteiger partial charge in [0, 0.05) is 12.2 Å². The summed E-state index contributed by atoms with van der Waals surface area (Å²) in [5.74, 6) is 0.345. The molecule has 7 nitrogen and oxygen atoms in total. The Morgan fingerprint density at radius 2 is 1.79 bits per heavy atom. The highest BCUT2D eigenvalue weighted by molar-refractivity contribution is 5.54. The van der Waals surface area contributed by atoms with Crippen LogP contribution in [0.5, 0.6) is 12.0 Å². The first-order valence-corrected chi connectivity index (χ1v) is 5.65. The molecule has 0 amide bonds. The van der Waals surface area contributed by atoms with Gasteiger partial charge in [0.15, 0.2) is 0 Å². The summed E-state index contributed by atoms with van der Waals surface area (Å²) in [6.07, 6.45) is 0. The van der Waals surface area contributed by atoms with Gasteiger partial charge in [-0.15, -0.1) is 4.98 Å². The van der Waals surface area contributed by atoms with Crippen LogP contribution < -0.4 is 20.5 Å². The number of methoxy groups -OCH3 is 2. The van der Waals surface area contributed by atoms with E-state index < -0.39 is 0 Å². The second kappa shape index (κ2) is 5.96. The molecule has 3 N–H and O–H groups in total. The number of nitrogens with one attached hydrogen (secondary N) is 1.